The highest BCUT2D eigenvalue weighted by Crippen LogP contribution is 2.24. The molecule has 0 bridgehead atoms. The molecular formula is C9H17N2O. The van der Waals surface area contributed by atoms with Crippen molar-refractivity contribution in [3.8, 4) is 0 Å². The zero-order valence-corrected chi connectivity index (χ0v) is 7.71. The molecule has 1 fully saturated rings. The summed E-state index contributed by atoms with van der Waals surface area (Å²) >= 11 is 0. The lowest BCUT2D eigenvalue weighted by Gasteiger charge is -2.32. The largest absolute Gasteiger partial charge is 0.369 e. The molecule has 12 heavy (non-hydrogen) atoms. The first kappa shape index (κ1) is 9.52. The summed E-state index contributed by atoms with van der Waals surface area (Å²) < 4.78 is 0. The number of carbonyl (C=O) groups is 1. The Balaban J connectivity index is 2.60. The summed E-state index contributed by atoms with van der Waals surface area (Å²) in [5, 5.41) is 3.24. The third-order valence-electron chi connectivity index (χ3n) is 2.54. The molecule has 1 aliphatic heterocycles. The topological polar surface area (TPSA) is 55.1 Å². The Kier molecular flexibility index (Phi) is 3.09. The van der Waals surface area contributed by atoms with Gasteiger partial charge < -0.3 is 11.1 Å². The molecule has 1 rings (SSSR count). The number of nitrogens with one attached hydrogen (secondary N) is 1. The van der Waals surface area contributed by atoms with Gasteiger partial charge in [0, 0.05) is 5.92 Å². The van der Waals surface area contributed by atoms with E-state index in [9.17, 15) is 4.79 Å². The van der Waals surface area contributed by atoms with Crippen molar-refractivity contribution in [3.05, 3.63) is 6.42 Å². The minimum atomic E-state index is -0.185. The number of piperidine rings is 1. The highest BCUT2D eigenvalue weighted by molar-refractivity contribution is 5.78. The summed E-state index contributed by atoms with van der Waals surface area (Å²) in [6, 6.07) is 0. The van der Waals surface area contributed by atoms with Gasteiger partial charge in [-0.25, -0.2) is 0 Å². The average Bonchev–Trinajstić information content (AvgIpc) is 2.04. The zero-order valence-electron chi connectivity index (χ0n) is 7.71. The summed E-state index contributed by atoms with van der Waals surface area (Å²) in [5.74, 6) is 0.657. The molecule has 0 aromatic rings. The molecule has 1 saturated heterocycles. The molecule has 0 spiro atoms. The predicted octanol–water partition coefficient (Wildman–Crippen LogP) is 0.168. The van der Waals surface area contributed by atoms with Crippen LogP contribution in [0.5, 0.6) is 0 Å². The Hall–Kier alpha value is -0.570. The standard InChI is InChI=1S/C9H17N2O/c1-6(2)8-5-11-4-3-7(8)9(10)12/h3,6-8,11H,4-5H2,1-2H3,(H2,10,12). The van der Waals surface area contributed by atoms with E-state index in [1.807, 2.05) is 6.42 Å². The summed E-state index contributed by atoms with van der Waals surface area (Å²) in [5.41, 5.74) is 5.30. The van der Waals surface area contributed by atoms with Crippen LogP contribution in [0.25, 0.3) is 0 Å². The molecule has 1 amide bonds. The van der Waals surface area contributed by atoms with Gasteiger partial charge in [0.2, 0.25) is 5.91 Å². The molecule has 2 atom stereocenters. The van der Waals surface area contributed by atoms with Crippen LogP contribution in [0.4, 0.5) is 0 Å². The van der Waals surface area contributed by atoms with Gasteiger partial charge in [-0.1, -0.05) is 13.8 Å². The average molecular weight is 169 g/mol. The number of nitrogens with two attached hydrogens (primary N) is 1. The first-order valence-electron chi connectivity index (χ1n) is 4.46. The molecule has 0 aromatic carbocycles. The molecule has 3 heteroatoms. The minimum Gasteiger partial charge on any atom is -0.369 e. The number of primary amides is 1. The highest BCUT2D eigenvalue weighted by Gasteiger charge is 2.31. The Morgan fingerprint density at radius 3 is 2.75 bits per heavy atom. The van der Waals surface area contributed by atoms with Gasteiger partial charge in [-0.2, -0.15) is 0 Å². The van der Waals surface area contributed by atoms with Crippen molar-refractivity contribution in [1.82, 2.24) is 5.32 Å². The first-order chi connectivity index (χ1) is 5.63. The van der Waals surface area contributed by atoms with E-state index in [0.717, 1.165) is 13.1 Å². The van der Waals surface area contributed by atoms with Crippen molar-refractivity contribution in [3.63, 3.8) is 0 Å². The van der Waals surface area contributed by atoms with E-state index in [1.165, 1.54) is 0 Å². The van der Waals surface area contributed by atoms with Gasteiger partial charge in [0.25, 0.3) is 0 Å². The summed E-state index contributed by atoms with van der Waals surface area (Å²) in [6.07, 6.45) is 1.98. The monoisotopic (exact) mass is 169 g/mol. The Morgan fingerprint density at radius 2 is 2.33 bits per heavy atom. The molecule has 3 N–H and O–H groups in total. The van der Waals surface area contributed by atoms with Crippen LogP contribution in [0.2, 0.25) is 0 Å². The van der Waals surface area contributed by atoms with Gasteiger partial charge >= 0.3 is 0 Å². The Morgan fingerprint density at radius 1 is 1.67 bits per heavy atom. The van der Waals surface area contributed by atoms with Crippen molar-refractivity contribution in [2.75, 3.05) is 13.1 Å². The van der Waals surface area contributed by atoms with E-state index in [4.69, 9.17) is 5.73 Å². The summed E-state index contributed by atoms with van der Waals surface area (Å²) in [7, 11) is 0. The second-order valence-electron chi connectivity index (χ2n) is 3.73. The van der Waals surface area contributed by atoms with Crippen LogP contribution in [0.15, 0.2) is 0 Å². The fraction of sp³-hybridized carbons (Fsp3) is 0.778. The van der Waals surface area contributed by atoms with Crippen LogP contribution in [0.3, 0.4) is 0 Å². The summed E-state index contributed by atoms with van der Waals surface area (Å²) in [4.78, 5) is 11.0. The van der Waals surface area contributed by atoms with Crippen molar-refractivity contribution >= 4 is 5.91 Å². The maximum atomic E-state index is 11.0. The lowest BCUT2D eigenvalue weighted by molar-refractivity contribution is -0.123. The quantitative estimate of drug-likeness (QED) is 0.619. The van der Waals surface area contributed by atoms with E-state index >= 15 is 0 Å². The van der Waals surface area contributed by atoms with Crippen LogP contribution >= 0.6 is 0 Å². The highest BCUT2D eigenvalue weighted by atomic mass is 16.1. The molecule has 1 aliphatic rings. The second-order valence-corrected chi connectivity index (χ2v) is 3.73. The van der Waals surface area contributed by atoms with E-state index in [2.05, 4.69) is 19.2 Å². The molecule has 2 unspecified atom stereocenters. The van der Waals surface area contributed by atoms with E-state index in [0.29, 0.717) is 11.8 Å². The summed E-state index contributed by atoms with van der Waals surface area (Å²) in [6.45, 7) is 5.96. The lowest BCUT2D eigenvalue weighted by Crippen LogP contribution is -2.45. The number of carbonyl (C=O) groups excluding carboxylic acids is 1. The van der Waals surface area contributed by atoms with Crippen LogP contribution in [0.1, 0.15) is 13.8 Å². The lowest BCUT2D eigenvalue weighted by atomic mass is 9.79. The second kappa shape index (κ2) is 3.90. The van der Waals surface area contributed by atoms with Crippen molar-refractivity contribution in [2.45, 2.75) is 13.8 Å². The molecule has 69 valence electrons. The third-order valence-corrected chi connectivity index (χ3v) is 2.54. The number of amides is 1. The van der Waals surface area contributed by atoms with Crippen LogP contribution < -0.4 is 11.1 Å². The van der Waals surface area contributed by atoms with Gasteiger partial charge in [-0.3, -0.25) is 4.79 Å². The van der Waals surface area contributed by atoms with Gasteiger partial charge in [0.1, 0.15) is 0 Å². The van der Waals surface area contributed by atoms with Crippen molar-refractivity contribution < 1.29 is 4.79 Å². The van der Waals surface area contributed by atoms with Gasteiger partial charge in [-0.15, -0.1) is 0 Å². The fourth-order valence-electron chi connectivity index (χ4n) is 1.74. The Bertz CT molecular complexity index is 168. The van der Waals surface area contributed by atoms with Crippen molar-refractivity contribution in [1.29, 1.82) is 0 Å². The molecule has 1 radical (unpaired) electrons. The fourth-order valence-corrected chi connectivity index (χ4v) is 1.74. The zero-order chi connectivity index (χ0) is 9.14. The third kappa shape index (κ3) is 1.97. The van der Waals surface area contributed by atoms with Crippen LogP contribution in [-0.2, 0) is 4.79 Å². The molecule has 0 aliphatic carbocycles. The maximum Gasteiger partial charge on any atom is 0.221 e. The van der Waals surface area contributed by atoms with E-state index < -0.39 is 0 Å². The molecule has 3 nitrogen and oxygen atoms in total. The Labute approximate surface area is 73.7 Å². The molecule has 1 heterocycles. The van der Waals surface area contributed by atoms with Crippen LogP contribution in [-0.4, -0.2) is 19.0 Å². The van der Waals surface area contributed by atoms with Gasteiger partial charge in [-0.05, 0) is 31.3 Å². The smallest absolute Gasteiger partial charge is 0.221 e. The predicted molar refractivity (Wildman–Crippen MR) is 48.2 cm³/mol. The SMILES string of the molecule is CC(C)C1CNC[CH]C1C(N)=O. The minimum absolute atomic E-state index is 0.0359. The molecular weight excluding hydrogens is 152 g/mol. The van der Waals surface area contributed by atoms with Crippen LogP contribution in [0, 0.1) is 24.2 Å². The van der Waals surface area contributed by atoms with E-state index in [-0.39, 0.29) is 11.8 Å². The first-order valence-corrected chi connectivity index (χ1v) is 4.46. The van der Waals surface area contributed by atoms with E-state index in [1.54, 1.807) is 0 Å². The maximum absolute atomic E-state index is 11.0. The van der Waals surface area contributed by atoms with Crippen molar-refractivity contribution in [2.24, 2.45) is 23.5 Å². The number of hydrogen-bond acceptors (Lipinski definition) is 2. The normalized spacial score (nSPS) is 30.6. The number of rotatable bonds is 2. The number of hydrogen-bond donors (Lipinski definition) is 2. The van der Waals surface area contributed by atoms with Gasteiger partial charge in [0.15, 0.2) is 0 Å². The molecule has 0 saturated carbocycles. The molecule has 0 aromatic heterocycles. The van der Waals surface area contributed by atoms with Gasteiger partial charge in [0.05, 0.1) is 0 Å².